The second-order valence-corrected chi connectivity index (χ2v) is 12.1. The van der Waals surface area contributed by atoms with E-state index in [9.17, 15) is 9.59 Å². The van der Waals surface area contributed by atoms with Gasteiger partial charge in [-0.2, -0.15) is 0 Å². The number of hydrogen-bond donors (Lipinski definition) is 2. The number of hydrogen-bond acceptors (Lipinski definition) is 3. The number of carbonyl (C=O) groups excluding carboxylic acids is 2. The Kier molecular flexibility index (Phi) is 9.58. The summed E-state index contributed by atoms with van der Waals surface area (Å²) < 4.78 is 0. The van der Waals surface area contributed by atoms with Crippen LogP contribution in [0.25, 0.3) is 0 Å². The smallest absolute Gasteiger partial charge is 0.253 e. The summed E-state index contributed by atoms with van der Waals surface area (Å²) in [6.07, 6.45) is 4.77. The summed E-state index contributed by atoms with van der Waals surface area (Å²) in [4.78, 5) is 28.2. The van der Waals surface area contributed by atoms with Crippen LogP contribution in [0.4, 0.5) is 11.4 Å². The number of benzene rings is 2. The van der Waals surface area contributed by atoms with Crippen LogP contribution in [0.1, 0.15) is 83.1 Å². The summed E-state index contributed by atoms with van der Waals surface area (Å²) in [5, 5.41) is 6.07. The Morgan fingerprint density at radius 2 is 1.67 bits per heavy atom. The van der Waals surface area contributed by atoms with Gasteiger partial charge in [0.25, 0.3) is 5.91 Å². The van der Waals surface area contributed by atoms with E-state index in [1.807, 2.05) is 32.0 Å². The fraction of sp³-hybridized carbons (Fsp3) is 0.548. The van der Waals surface area contributed by atoms with Crippen molar-refractivity contribution >= 4 is 23.2 Å². The Bertz CT molecular complexity index is 1000. The molecule has 196 valence electrons. The average Bonchev–Trinajstić information content (AvgIpc) is 2.78. The van der Waals surface area contributed by atoms with Crippen LogP contribution < -0.4 is 15.5 Å². The lowest BCUT2D eigenvalue weighted by Gasteiger charge is -2.35. The molecule has 1 heterocycles. The monoisotopic (exact) mass is 491 g/mol. The van der Waals surface area contributed by atoms with Gasteiger partial charge < -0.3 is 15.5 Å². The Hall–Kier alpha value is -2.82. The van der Waals surface area contributed by atoms with Crippen molar-refractivity contribution in [2.24, 2.45) is 17.3 Å². The summed E-state index contributed by atoms with van der Waals surface area (Å²) in [5.41, 5.74) is 3.85. The number of anilines is 2. The van der Waals surface area contributed by atoms with E-state index >= 15 is 0 Å². The number of nitrogens with zero attached hydrogens (tertiary/aromatic N) is 1. The van der Waals surface area contributed by atoms with Crippen LogP contribution >= 0.6 is 0 Å². The third-order valence-corrected chi connectivity index (χ3v) is 6.76. The fourth-order valence-electron chi connectivity index (χ4n) is 5.38. The van der Waals surface area contributed by atoms with Crippen LogP contribution in [0.3, 0.4) is 0 Å². The lowest BCUT2D eigenvalue weighted by atomic mass is 9.84. The van der Waals surface area contributed by atoms with E-state index in [-0.39, 0.29) is 23.3 Å². The highest BCUT2D eigenvalue weighted by atomic mass is 16.2. The molecule has 1 aliphatic heterocycles. The Morgan fingerprint density at radius 3 is 2.28 bits per heavy atom. The minimum Gasteiger partial charge on any atom is -0.371 e. The Balaban J connectivity index is 1.69. The first-order valence-corrected chi connectivity index (χ1v) is 13.5. The molecule has 2 aromatic carbocycles. The fourth-order valence-corrected chi connectivity index (χ4v) is 5.38. The second kappa shape index (κ2) is 12.4. The molecule has 0 spiro atoms. The number of amides is 2. The molecule has 2 aromatic rings. The molecule has 1 unspecified atom stereocenters. The number of rotatable bonds is 9. The van der Waals surface area contributed by atoms with Gasteiger partial charge in [-0.1, -0.05) is 58.0 Å². The zero-order valence-corrected chi connectivity index (χ0v) is 23.1. The summed E-state index contributed by atoms with van der Waals surface area (Å²) >= 11 is 0. The highest BCUT2D eigenvalue weighted by Crippen LogP contribution is 2.31. The molecule has 36 heavy (non-hydrogen) atoms. The molecular weight excluding hydrogens is 446 g/mol. The second-order valence-electron chi connectivity index (χ2n) is 12.1. The number of carbonyl (C=O) groups is 2. The maximum absolute atomic E-state index is 13.1. The van der Waals surface area contributed by atoms with E-state index in [4.69, 9.17) is 0 Å². The van der Waals surface area contributed by atoms with E-state index in [1.54, 1.807) is 0 Å². The van der Waals surface area contributed by atoms with Crippen molar-refractivity contribution in [2.45, 2.75) is 79.7 Å². The zero-order valence-electron chi connectivity index (χ0n) is 23.1. The van der Waals surface area contributed by atoms with Gasteiger partial charge in [-0.05, 0) is 80.5 Å². The number of nitrogens with one attached hydrogen (secondary N) is 2. The molecule has 5 heteroatoms. The van der Waals surface area contributed by atoms with Crippen molar-refractivity contribution in [2.75, 3.05) is 23.3 Å². The molecule has 1 saturated heterocycles. The van der Waals surface area contributed by atoms with Crippen LogP contribution in [-0.2, 0) is 11.2 Å². The maximum Gasteiger partial charge on any atom is 0.253 e. The Morgan fingerprint density at radius 1 is 1.00 bits per heavy atom. The zero-order chi connectivity index (χ0) is 26.3. The molecule has 2 amide bonds. The molecule has 1 aliphatic rings. The highest BCUT2D eigenvalue weighted by molar-refractivity contribution is 6.02. The minimum atomic E-state index is -0.0939. The van der Waals surface area contributed by atoms with E-state index in [0.717, 1.165) is 44.5 Å². The van der Waals surface area contributed by atoms with Crippen molar-refractivity contribution < 1.29 is 9.59 Å². The minimum absolute atomic E-state index is 0.00329. The van der Waals surface area contributed by atoms with Crippen LogP contribution in [0.5, 0.6) is 0 Å². The molecule has 3 rings (SSSR count). The lowest BCUT2D eigenvalue weighted by Crippen LogP contribution is -2.37. The van der Waals surface area contributed by atoms with Gasteiger partial charge in [0.05, 0.1) is 5.56 Å². The van der Waals surface area contributed by atoms with Gasteiger partial charge in [0.1, 0.15) is 0 Å². The van der Waals surface area contributed by atoms with Crippen molar-refractivity contribution in [3.05, 3.63) is 59.7 Å². The third-order valence-electron chi connectivity index (χ3n) is 6.76. The topological polar surface area (TPSA) is 61.4 Å². The maximum atomic E-state index is 13.1. The molecule has 0 saturated carbocycles. The van der Waals surface area contributed by atoms with Crippen LogP contribution in [-0.4, -0.2) is 30.9 Å². The van der Waals surface area contributed by atoms with Crippen molar-refractivity contribution in [3.63, 3.8) is 0 Å². The standard InChI is InChI=1S/C31H45N3O2/c1-22(2)32-30(36)27-20-26(33-29(35)18-23(3)21-31(4,5)6)12-13-28(27)34-16-14-25(15-17-34)19-24-10-8-7-9-11-24/h7-13,20,22-23,25H,14-19,21H2,1-6H3,(H,32,36)(H,33,35). The molecule has 1 atom stereocenters. The first-order valence-electron chi connectivity index (χ1n) is 13.5. The molecule has 1 fully saturated rings. The van der Waals surface area contributed by atoms with Crippen LogP contribution in [0.15, 0.2) is 48.5 Å². The molecule has 5 nitrogen and oxygen atoms in total. The van der Waals surface area contributed by atoms with Gasteiger partial charge in [0.2, 0.25) is 5.91 Å². The number of piperidine rings is 1. The normalized spacial score (nSPS) is 15.6. The SMILES string of the molecule is CC(CC(=O)Nc1ccc(N2CCC(Cc3ccccc3)CC2)c(C(=O)NC(C)C)c1)CC(C)(C)C. The van der Waals surface area contributed by atoms with Crippen molar-refractivity contribution in [1.29, 1.82) is 0 Å². The Labute approximate surface area is 218 Å². The predicted octanol–water partition coefficient (Wildman–Crippen LogP) is 6.68. The van der Waals surface area contributed by atoms with Gasteiger partial charge in [0, 0.05) is 36.9 Å². The molecule has 2 N–H and O–H groups in total. The summed E-state index contributed by atoms with van der Waals surface area (Å²) in [5.74, 6) is 0.857. The summed E-state index contributed by atoms with van der Waals surface area (Å²) in [6.45, 7) is 14.5. The highest BCUT2D eigenvalue weighted by Gasteiger charge is 2.24. The van der Waals surface area contributed by atoms with Gasteiger partial charge in [-0.15, -0.1) is 0 Å². The van der Waals surface area contributed by atoms with E-state index in [2.05, 4.69) is 73.6 Å². The molecule has 0 aliphatic carbocycles. The average molecular weight is 492 g/mol. The molecule has 0 aromatic heterocycles. The third kappa shape index (κ3) is 8.69. The van der Waals surface area contributed by atoms with Crippen LogP contribution in [0.2, 0.25) is 0 Å². The van der Waals surface area contributed by atoms with Gasteiger partial charge >= 0.3 is 0 Å². The first kappa shape index (κ1) is 27.8. The summed E-state index contributed by atoms with van der Waals surface area (Å²) in [6, 6.07) is 16.5. The molecular formula is C31H45N3O2. The molecule has 0 radical (unpaired) electrons. The molecule has 0 bridgehead atoms. The van der Waals surface area contributed by atoms with Gasteiger partial charge in [-0.3, -0.25) is 9.59 Å². The quantitative estimate of drug-likeness (QED) is 0.411. The first-order chi connectivity index (χ1) is 17.0. The lowest BCUT2D eigenvalue weighted by molar-refractivity contribution is -0.117. The van der Waals surface area contributed by atoms with E-state index < -0.39 is 0 Å². The van der Waals surface area contributed by atoms with Crippen LogP contribution in [0, 0.1) is 17.3 Å². The van der Waals surface area contributed by atoms with E-state index in [1.165, 1.54) is 5.56 Å². The van der Waals surface area contributed by atoms with Crippen molar-refractivity contribution in [3.8, 4) is 0 Å². The van der Waals surface area contributed by atoms with Gasteiger partial charge in [-0.25, -0.2) is 0 Å². The van der Waals surface area contributed by atoms with Gasteiger partial charge in [0.15, 0.2) is 0 Å². The van der Waals surface area contributed by atoms with Crippen molar-refractivity contribution in [1.82, 2.24) is 5.32 Å². The predicted molar refractivity (Wildman–Crippen MR) is 151 cm³/mol. The summed E-state index contributed by atoms with van der Waals surface area (Å²) in [7, 11) is 0. The van der Waals surface area contributed by atoms with E-state index in [0.29, 0.717) is 29.5 Å². The largest absolute Gasteiger partial charge is 0.371 e.